The minimum Gasteiger partial charge on any atom is -0.389 e. The second-order valence-corrected chi connectivity index (χ2v) is 4.70. The summed E-state index contributed by atoms with van der Waals surface area (Å²) in [7, 11) is 0. The summed E-state index contributed by atoms with van der Waals surface area (Å²) in [6.45, 7) is 6.76. The van der Waals surface area contributed by atoms with Gasteiger partial charge in [-0.15, -0.1) is 0 Å². The van der Waals surface area contributed by atoms with E-state index in [1.165, 1.54) is 0 Å². The van der Waals surface area contributed by atoms with Crippen LogP contribution < -0.4 is 5.32 Å². The highest BCUT2D eigenvalue weighted by Gasteiger charge is 2.18. The summed E-state index contributed by atoms with van der Waals surface area (Å²) in [5.74, 6) is 1.12. The number of aliphatic hydroxyl groups is 1. The summed E-state index contributed by atoms with van der Waals surface area (Å²) in [5.41, 5.74) is -0.550. The Morgan fingerprint density at radius 2 is 2.08 bits per heavy atom. The molecule has 0 aromatic rings. The van der Waals surface area contributed by atoms with Crippen molar-refractivity contribution in [1.82, 2.24) is 5.32 Å². The summed E-state index contributed by atoms with van der Waals surface area (Å²) < 4.78 is 0. The molecule has 0 heterocycles. The van der Waals surface area contributed by atoms with Gasteiger partial charge in [0, 0.05) is 18.3 Å². The summed E-state index contributed by atoms with van der Waals surface area (Å²) in [4.78, 5) is 0. The molecule has 3 heteroatoms. The van der Waals surface area contributed by atoms with E-state index in [9.17, 15) is 5.11 Å². The highest BCUT2D eigenvalue weighted by Crippen LogP contribution is 2.08. The molecule has 0 aromatic heterocycles. The van der Waals surface area contributed by atoms with Crippen LogP contribution in [0.25, 0.3) is 0 Å². The molecule has 13 heavy (non-hydrogen) atoms. The molecule has 0 aliphatic carbocycles. The molecule has 0 spiro atoms. The molecule has 0 radical (unpaired) electrons. The average molecular weight is 205 g/mol. The van der Waals surface area contributed by atoms with Gasteiger partial charge in [-0.25, -0.2) is 0 Å². The minimum atomic E-state index is -0.550. The Balaban J connectivity index is 3.70. The monoisotopic (exact) mass is 205 g/mol. The molecule has 0 aliphatic rings. The van der Waals surface area contributed by atoms with Crippen molar-refractivity contribution in [3.8, 4) is 0 Å². The van der Waals surface area contributed by atoms with Crippen LogP contribution in [0.2, 0.25) is 0 Å². The predicted molar refractivity (Wildman–Crippen MR) is 61.4 cm³/mol. The third kappa shape index (κ3) is 6.36. The first kappa shape index (κ1) is 13.3. The smallest absolute Gasteiger partial charge is 0.0741 e. The molecule has 0 fully saturated rings. The highest BCUT2D eigenvalue weighted by atomic mass is 32.2. The summed E-state index contributed by atoms with van der Waals surface area (Å²) in [5, 5.41) is 13.2. The fourth-order valence-corrected chi connectivity index (χ4v) is 1.77. The fraction of sp³-hybridized carbons (Fsp3) is 1.00. The molecule has 0 saturated heterocycles. The number of thioether (sulfide) groups is 1. The zero-order valence-electron chi connectivity index (χ0n) is 9.26. The van der Waals surface area contributed by atoms with E-state index in [0.29, 0.717) is 12.6 Å². The van der Waals surface area contributed by atoms with E-state index < -0.39 is 5.60 Å². The van der Waals surface area contributed by atoms with Crippen LogP contribution in [-0.4, -0.2) is 35.3 Å². The molecule has 2 nitrogen and oxygen atoms in total. The Bertz CT molecular complexity index is 128. The zero-order valence-corrected chi connectivity index (χ0v) is 10.1. The maximum absolute atomic E-state index is 9.77. The Morgan fingerprint density at radius 1 is 1.46 bits per heavy atom. The van der Waals surface area contributed by atoms with Crippen molar-refractivity contribution < 1.29 is 5.11 Å². The van der Waals surface area contributed by atoms with Gasteiger partial charge >= 0.3 is 0 Å². The van der Waals surface area contributed by atoms with Crippen molar-refractivity contribution in [2.45, 2.75) is 45.3 Å². The van der Waals surface area contributed by atoms with Gasteiger partial charge in [-0.3, -0.25) is 0 Å². The average Bonchev–Trinajstić information content (AvgIpc) is 2.12. The highest BCUT2D eigenvalue weighted by molar-refractivity contribution is 7.98. The zero-order chi connectivity index (χ0) is 10.3. The quantitative estimate of drug-likeness (QED) is 0.665. The fourth-order valence-electron chi connectivity index (χ4n) is 1.01. The Labute approximate surface area is 86.5 Å². The van der Waals surface area contributed by atoms with Gasteiger partial charge in [-0.1, -0.05) is 13.8 Å². The number of hydrogen-bond acceptors (Lipinski definition) is 3. The van der Waals surface area contributed by atoms with Crippen molar-refractivity contribution in [2.75, 3.05) is 18.6 Å². The molecule has 80 valence electrons. The Hall–Kier alpha value is 0.270. The molecule has 0 rings (SSSR count). The van der Waals surface area contributed by atoms with Crippen LogP contribution in [0.5, 0.6) is 0 Å². The van der Waals surface area contributed by atoms with Crippen molar-refractivity contribution in [3.63, 3.8) is 0 Å². The first-order chi connectivity index (χ1) is 6.05. The van der Waals surface area contributed by atoms with Gasteiger partial charge in [0.05, 0.1) is 5.60 Å². The topological polar surface area (TPSA) is 32.3 Å². The molecule has 0 aliphatic heterocycles. The van der Waals surface area contributed by atoms with Crippen LogP contribution in [0.15, 0.2) is 0 Å². The second kappa shape index (κ2) is 6.68. The molecule has 0 saturated carbocycles. The van der Waals surface area contributed by atoms with Gasteiger partial charge in [0.25, 0.3) is 0 Å². The van der Waals surface area contributed by atoms with Crippen LogP contribution in [0.3, 0.4) is 0 Å². The lowest BCUT2D eigenvalue weighted by atomic mass is 10.0. The van der Waals surface area contributed by atoms with E-state index in [-0.39, 0.29) is 0 Å². The molecular weight excluding hydrogens is 182 g/mol. The summed E-state index contributed by atoms with van der Waals surface area (Å²) >= 11 is 1.85. The van der Waals surface area contributed by atoms with Gasteiger partial charge in [0.15, 0.2) is 0 Å². The van der Waals surface area contributed by atoms with Gasteiger partial charge in [0.2, 0.25) is 0 Å². The largest absolute Gasteiger partial charge is 0.389 e. The van der Waals surface area contributed by atoms with E-state index in [4.69, 9.17) is 0 Å². The molecular formula is C10H23NOS. The van der Waals surface area contributed by atoms with E-state index >= 15 is 0 Å². The van der Waals surface area contributed by atoms with E-state index in [2.05, 4.69) is 18.5 Å². The number of hydrogen-bond donors (Lipinski definition) is 2. The van der Waals surface area contributed by atoms with Crippen LogP contribution in [-0.2, 0) is 0 Å². The third-order valence-electron chi connectivity index (χ3n) is 2.39. The lowest BCUT2D eigenvalue weighted by molar-refractivity contribution is 0.0534. The molecule has 0 bridgehead atoms. The number of rotatable bonds is 7. The number of nitrogens with one attached hydrogen (secondary N) is 1. The maximum atomic E-state index is 9.77. The van der Waals surface area contributed by atoms with E-state index in [1.807, 2.05) is 25.6 Å². The van der Waals surface area contributed by atoms with Crippen molar-refractivity contribution in [2.24, 2.45) is 0 Å². The normalized spacial score (nSPS) is 18.2. The van der Waals surface area contributed by atoms with Crippen LogP contribution >= 0.6 is 11.8 Å². The van der Waals surface area contributed by atoms with Crippen LogP contribution in [0.1, 0.15) is 33.6 Å². The first-order valence-corrected chi connectivity index (χ1v) is 6.39. The van der Waals surface area contributed by atoms with Gasteiger partial charge in [-0.05, 0) is 26.0 Å². The molecule has 2 atom stereocenters. The minimum absolute atomic E-state index is 0.535. The van der Waals surface area contributed by atoms with Crippen molar-refractivity contribution in [3.05, 3.63) is 0 Å². The Kier molecular flexibility index (Phi) is 6.82. The molecule has 0 amide bonds. The maximum Gasteiger partial charge on any atom is 0.0741 e. The van der Waals surface area contributed by atoms with Gasteiger partial charge in [-0.2, -0.15) is 11.8 Å². The van der Waals surface area contributed by atoms with Crippen LogP contribution in [0, 0.1) is 0 Å². The second-order valence-electron chi connectivity index (χ2n) is 3.79. The molecule has 2 N–H and O–H groups in total. The van der Waals surface area contributed by atoms with Gasteiger partial charge < -0.3 is 10.4 Å². The third-order valence-corrected chi connectivity index (χ3v) is 3.13. The van der Waals surface area contributed by atoms with Crippen molar-refractivity contribution in [1.29, 1.82) is 0 Å². The van der Waals surface area contributed by atoms with E-state index in [1.54, 1.807) is 0 Å². The Morgan fingerprint density at radius 3 is 2.46 bits per heavy atom. The SMILES string of the molecule is CCC(CSC)NCC(C)(O)CC. The molecule has 0 aromatic carbocycles. The lowest BCUT2D eigenvalue weighted by Crippen LogP contribution is -2.42. The van der Waals surface area contributed by atoms with Crippen molar-refractivity contribution >= 4 is 11.8 Å². The predicted octanol–water partition coefficient (Wildman–Crippen LogP) is 1.88. The lowest BCUT2D eigenvalue weighted by Gasteiger charge is -2.25. The summed E-state index contributed by atoms with van der Waals surface area (Å²) in [6, 6.07) is 0.535. The first-order valence-electron chi connectivity index (χ1n) is 5.00. The van der Waals surface area contributed by atoms with Gasteiger partial charge in [0.1, 0.15) is 0 Å². The summed E-state index contributed by atoms with van der Waals surface area (Å²) in [6.07, 6.45) is 4.04. The van der Waals surface area contributed by atoms with Crippen LogP contribution in [0.4, 0.5) is 0 Å². The van der Waals surface area contributed by atoms with E-state index in [0.717, 1.165) is 18.6 Å². The standard InChI is InChI=1S/C10H23NOS/c1-5-9(7-13-4)11-8-10(3,12)6-2/h9,11-12H,5-8H2,1-4H3. The molecule has 2 unspecified atom stereocenters.